The Labute approximate surface area is 176 Å². The predicted octanol–water partition coefficient (Wildman–Crippen LogP) is 5.11. The highest BCUT2D eigenvalue weighted by Gasteiger charge is 2.20. The number of urea groups is 1. The van der Waals surface area contributed by atoms with E-state index in [1.807, 2.05) is 25.1 Å². The first kappa shape index (κ1) is 21.0. The highest BCUT2D eigenvalue weighted by Crippen LogP contribution is 2.25. The molecule has 0 bridgehead atoms. The normalized spacial score (nSPS) is 14.2. The molecular weight excluding hydrogens is 388 g/mol. The summed E-state index contributed by atoms with van der Waals surface area (Å²) < 4.78 is 0. The second-order valence-corrected chi connectivity index (χ2v) is 7.96. The van der Waals surface area contributed by atoms with Gasteiger partial charge in [-0.25, -0.2) is 4.79 Å². The zero-order valence-corrected chi connectivity index (χ0v) is 17.6. The average Bonchev–Trinajstić information content (AvgIpc) is 2.70. The minimum atomic E-state index is -0.386. The van der Waals surface area contributed by atoms with E-state index >= 15 is 0 Å². The summed E-state index contributed by atoms with van der Waals surface area (Å²) >= 11 is 5.86. The van der Waals surface area contributed by atoms with Gasteiger partial charge in [0.05, 0.1) is 5.56 Å². The van der Waals surface area contributed by atoms with Gasteiger partial charge in [-0.1, -0.05) is 30.9 Å². The molecule has 1 fully saturated rings. The first-order valence-electron chi connectivity index (χ1n) is 9.88. The van der Waals surface area contributed by atoms with Gasteiger partial charge in [-0.2, -0.15) is 0 Å². The number of amides is 3. The van der Waals surface area contributed by atoms with Crippen molar-refractivity contribution in [3.63, 3.8) is 0 Å². The summed E-state index contributed by atoms with van der Waals surface area (Å²) in [7, 11) is 3.79. The molecule has 0 spiro atoms. The number of halogens is 1. The second-order valence-electron chi connectivity index (χ2n) is 7.52. The van der Waals surface area contributed by atoms with Crippen molar-refractivity contribution in [3.8, 4) is 0 Å². The number of carbonyl (C=O) groups excluding carboxylic acids is 2. The minimum Gasteiger partial charge on any atom is -0.377 e. The third-order valence-electron chi connectivity index (χ3n) is 5.02. The van der Waals surface area contributed by atoms with Gasteiger partial charge in [-0.15, -0.1) is 0 Å². The molecular formula is C22H27ClN4O2. The molecule has 0 unspecified atom stereocenters. The molecule has 0 saturated heterocycles. The Kier molecular flexibility index (Phi) is 6.99. The lowest BCUT2D eigenvalue weighted by Crippen LogP contribution is -2.36. The summed E-state index contributed by atoms with van der Waals surface area (Å²) in [6.07, 6.45) is 5.57. The third kappa shape index (κ3) is 5.87. The van der Waals surface area contributed by atoms with Crippen LogP contribution in [0.1, 0.15) is 42.5 Å². The molecule has 2 aromatic carbocycles. The molecule has 3 amide bonds. The van der Waals surface area contributed by atoms with Crippen LogP contribution < -0.4 is 20.9 Å². The molecule has 0 heterocycles. The monoisotopic (exact) mass is 414 g/mol. The molecule has 0 aromatic heterocycles. The van der Waals surface area contributed by atoms with Gasteiger partial charge in [0, 0.05) is 42.2 Å². The zero-order valence-electron chi connectivity index (χ0n) is 16.8. The Morgan fingerprint density at radius 2 is 1.55 bits per heavy atom. The molecule has 3 rings (SSSR count). The van der Waals surface area contributed by atoms with Crippen molar-refractivity contribution in [1.82, 2.24) is 5.32 Å². The summed E-state index contributed by atoms with van der Waals surface area (Å²) in [5.74, 6) is -0.109. The van der Waals surface area contributed by atoms with Crippen LogP contribution in [0.2, 0.25) is 5.02 Å². The molecule has 1 aliphatic carbocycles. The smallest absolute Gasteiger partial charge is 0.323 e. The van der Waals surface area contributed by atoms with Crippen LogP contribution in [-0.4, -0.2) is 32.1 Å². The maximum Gasteiger partial charge on any atom is 0.323 e. The minimum absolute atomic E-state index is 0.109. The van der Waals surface area contributed by atoms with Crippen molar-refractivity contribution in [2.45, 2.75) is 38.1 Å². The van der Waals surface area contributed by atoms with E-state index in [1.165, 1.54) is 6.42 Å². The fourth-order valence-corrected chi connectivity index (χ4v) is 3.65. The number of nitrogens with one attached hydrogen (secondary N) is 3. The summed E-state index contributed by atoms with van der Waals surface area (Å²) in [4.78, 5) is 27.1. The lowest BCUT2D eigenvalue weighted by Gasteiger charge is -2.24. The van der Waals surface area contributed by atoms with Gasteiger partial charge in [0.2, 0.25) is 0 Å². The number of nitrogens with zero attached hydrogens (tertiary/aromatic N) is 1. The van der Waals surface area contributed by atoms with E-state index in [9.17, 15) is 9.59 Å². The van der Waals surface area contributed by atoms with Gasteiger partial charge >= 0.3 is 6.03 Å². The van der Waals surface area contributed by atoms with Crippen molar-refractivity contribution in [2.24, 2.45) is 0 Å². The zero-order chi connectivity index (χ0) is 20.8. The van der Waals surface area contributed by atoms with Crippen LogP contribution >= 0.6 is 11.6 Å². The molecule has 0 radical (unpaired) electrons. The summed E-state index contributed by atoms with van der Waals surface area (Å²) in [6.45, 7) is 0. The van der Waals surface area contributed by atoms with Gasteiger partial charge in [0.25, 0.3) is 5.91 Å². The number of hydrogen-bond donors (Lipinski definition) is 3. The molecule has 0 aliphatic heterocycles. The van der Waals surface area contributed by atoms with E-state index in [0.717, 1.165) is 31.4 Å². The van der Waals surface area contributed by atoms with E-state index < -0.39 is 0 Å². The standard InChI is InChI=1S/C22H27ClN4O2/c1-27(2)20-13-12-18(26-22(29)25-17-10-8-15(23)9-11-17)14-19(20)21(28)24-16-6-4-3-5-7-16/h8-14,16H,3-7H2,1-2H3,(H,24,28)(H2,25,26,29). The van der Waals surface area contributed by atoms with Crippen LogP contribution in [0.3, 0.4) is 0 Å². The molecule has 1 aliphatic rings. The highest BCUT2D eigenvalue weighted by molar-refractivity contribution is 6.30. The lowest BCUT2D eigenvalue weighted by atomic mass is 9.95. The van der Waals surface area contributed by atoms with Crippen LogP contribution in [-0.2, 0) is 0 Å². The molecule has 2 aromatic rings. The lowest BCUT2D eigenvalue weighted by molar-refractivity contribution is 0.0928. The second kappa shape index (κ2) is 9.65. The van der Waals surface area contributed by atoms with E-state index in [0.29, 0.717) is 22.0 Å². The summed E-state index contributed by atoms with van der Waals surface area (Å²) in [5.41, 5.74) is 2.54. The van der Waals surface area contributed by atoms with Gasteiger partial charge < -0.3 is 20.9 Å². The fraction of sp³-hybridized carbons (Fsp3) is 0.364. The van der Waals surface area contributed by atoms with E-state index in [2.05, 4.69) is 16.0 Å². The van der Waals surface area contributed by atoms with Crippen LogP contribution in [0.5, 0.6) is 0 Å². The quantitative estimate of drug-likeness (QED) is 0.636. The largest absolute Gasteiger partial charge is 0.377 e. The molecule has 154 valence electrons. The van der Waals surface area contributed by atoms with Crippen molar-refractivity contribution in [2.75, 3.05) is 29.6 Å². The summed E-state index contributed by atoms with van der Waals surface area (Å²) in [6, 6.07) is 12.0. The Morgan fingerprint density at radius 1 is 0.931 bits per heavy atom. The Bertz CT molecular complexity index is 862. The average molecular weight is 415 g/mol. The fourth-order valence-electron chi connectivity index (χ4n) is 3.52. The Balaban J connectivity index is 1.72. The molecule has 7 heteroatoms. The van der Waals surface area contributed by atoms with Gasteiger partial charge in [0.1, 0.15) is 0 Å². The number of benzene rings is 2. The third-order valence-corrected chi connectivity index (χ3v) is 5.28. The van der Waals surface area contributed by atoms with E-state index in [-0.39, 0.29) is 18.0 Å². The number of carbonyl (C=O) groups is 2. The Morgan fingerprint density at radius 3 is 2.21 bits per heavy atom. The van der Waals surface area contributed by atoms with Gasteiger partial charge in [-0.3, -0.25) is 4.79 Å². The van der Waals surface area contributed by atoms with E-state index in [4.69, 9.17) is 11.6 Å². The number of rotatable bonds is 5. The molecule has 29 heavy (non-hydrogen) atoms. The topological polar surface area (TPSA) is 73.5 Å². The van der Waals surface area contributed by atoms with Gasteiger partial charge in [0.15, 0.2) is 0 Å². The molecule has 3 N–H and O–H groups in total. The number of hydrogen-bond acceptors (Lipinski definition) is 3. The maximum absolute atomic E-state index is 12.9. The molecule has 6 nitrogen and oxygen atoms in total. The van der Waals surface area contributed by atoms with Gasteiger partial charge in [-0.05, 0) is 55.3 Å². The van der Waals surface area contributed by atoms with Crippen molar-refractivity contribution in [3.05, 3.63) is 53.1 Å². The first-order valence-corrected chi connectivity index (χ1v) is 10.3. The van der Waals surface area contributed by atoms with Crippen LogP contribution in [0.4, 0.5) is 21.9 Å². The molecule has 1 saturated carbocycles. The molecule has 0 atom stereocenters. The van der Waals surface area contributed by atoms with Crippen LogP contribution in [0.25, 0.3) is 0 Å². The number of anilines is 3. The summed E-state index contributed by atoms with van der Waals surface area (Å²) in [5, 5.41) is 9.29. The van der Waals surface area contributed by atoms with Crippen molar-refractivity contribution >= 4 is 40.6 Å². The van der Waals surface area contributed by atoms with Crippen molar-refractivity contribution < 1.29 is 9.59 Å². The SMILES string of the molecule is CN(C)c1ccc(NC(=O)Nc2ccc(Cl)cc2)cc1C(=O)NC1CCCCC1. The predicted molar refractivity (Wildman–Crippen MR) is 119 cm³/mol. The van der Waals surface area contributed by atoms with E-state index in [1.54, 1.807) is 36.4 Å². The first-order chi connectivity index (χ1) is 13.9. The highest BCUT2D eigenvalue weighted by atomic mass is 35.5. The Hall–Kier alpha value is -2.73. The van der Waals surface area contributed by atoms with Crippen LogP contribution in [0, 0.1) is 0 Å². The van der Waals surface area contributed by atoms with Crippen LogP contribution in [0.15, 0.2) is 42.5 Å². The van der Waals surface area contributed by atoms with Crippen molar-refractivity contribution in [1.29, 1.82) is 0 Å². The maximum atomic E-state index is 12.9.